The van der Waals surface area contributed by atoms with Crippen LogP contribution < -0.4 is 4.74 Å². The second-order valence-corrected chi connectivity index (χ2v) is 4.36. The smallest absolute Gasteiger partial charge is 0.144 e. The van der Waals surface area contributed by atoms with E-state index in [0.29, 0.717) is 13.0 Å². The summed E-state index contributed by atoms with van der Waals surface area (Å²) in [5.74, 6) is 0.812. The van der Waals surface area contributed by atoms with Crippen LogP contribution in [0, 0.1) is 11.3 Å². The standard InChI is InChI=1S/C10H8BrNO/c11-10(7-12)5-6-13-9-4-2-1-3-8(9)10/h1-4H,5-6H2. The van der Waals surface area contributed by atoms with E-state index in [1.165, 1.54) is 0 Å². The summed E-state index contributed by atoms with van der Waals surface area (Å²) in [6.45, 7) is 0.593. The van der Waals surface area contributed by atoms with Gasteiger partial charge in [-0.05, 0) is 6.07 Å². The van der Waals surface area contributed by atoms with Crippen LogP contribution in [0.25, 0.3) is 0 Å². The highest BCUT2D eigenvalue weighted by atomic mass is 79.9. The van der Waals surface area contributed by atoms with Crippen molar-refractivity contribution in [2.24, 2.45) is 0 Å². The van der Waals surface area contributed by atoms with Crippen molar-refractivity contribution in [1.82, 2.24) is 0 Å². The van der Waals surface area contributed by atoms with E-state index >= 15 is 0 Å². The maximum atomic E-state index is 9.04. The quantitative estimate of drug-likeness (QED) is 0.651. The van der Waals surface area contributed by atoms with Crippen LogP contribution in [0.2, 0.25) is 0 Å². The third-order valence-corrected chi connectivity index (χ3v) is 3.20. The van der Waals surface area contributed by atoms with Gasteiger partial charge in [0.15, 0.2) is 0 Å². The van der Waals surface area contributed by atoms with E-state index < -0.39 is 4.32 Å². The van der Waals surface area contributed by atoms with Crippen molar-refractivity contribution in [3.8, 4) is 11.8 Å². The number of nitriles is 1. The molecule has 2 nitrogen and oxygen atoms in total. The molecule has 1 aromatic carbocycles. The second-order valence-electron chi connectivity index (χ2n) is 3.01. The van der Waals surface area contributed by atoms with Crippen LogP contribution in [0.15, 0.2) is 24.3 Å². The molecule has 0 aliphatic carbocycles. The predicted octanol–water partition coefficient (Wildman–Crippen LogP) is 2.58. The molecule has 0 saturated carbocycles. The summed E-state index contributed by atoms with van der Waals surface area (Å²) in [5.41, 5.74) is 0.934. The number of para-hydroxylation sites is 1. The lowest BCUT2D eigenvalue weighted by molar-refractivity contribution is 0.274. The summed E-state index contributed by atoms with van der Waals surface area (Å²) >= 11 is 3.45. The summed E-state index contributed by atoms with van der Waals surface area (Å²) in [6.07, 6.45) is 0.695. The fraction of sp³-hybridized carbons (Fsp3) is 0.300. The van der Waals surface area contributed by atoms with Crippen LogP contribution in [-0.2, 0) is 4.32 Å². The predicted molar refractivity (Wildman–Crippen MR) is 52.8 cm³/mol. The van der Waals surface area contributed by atoms with Crippen molar-refractivity contribution in [2.45, 2.75) is 10.7 Å². The SMILES string of the molecule is N#CC1(Br)CCOc2ccccc21. The van der Waals surface area contributed by atoms with Crippen LogP contribution in [0.1, 0.15) is 12.0 Å². The molecular formula is C10H8BrNO. The van der Waals surface area contributed by atoms with Gasteiger partial charge in [0.1, 0.15) is 10.1 Å². The lowest BCUT2D eigenvalue weighted by atomic mass is 9.94. The maximum absolute atomic E-state index is 9.04. The van der Waals surface area contributed by atoms with Crippen LogP contribution in [0.4, 0.5) is 0 Å². The molecule has 1 aliphatic heterocycles. The van der Waals surface area contributed by atoms with Crippen molar-refractivity contribution in [1.29, 1.82) is 5.26 Å². The van der Waals surface area contributed by atoms with Crippen LogP contribution in [-0.4, -0.2) is 6.61 Å². The third kappa shape index (κ3) is 1.31. The fourth-order valence-electron chi connectivity index (χ4n) is 1.47. The zero-order chi connectivity index (χ0) is 9.31. The number of ether oxygens (including phenoxy) is 1. The molecule has 1 aliphatic rings. The van der Waals surface area contributed by atoms with Gasteiger partial charge in [-0.3, -0.25) is 0 Å². The number of nitrogens with zero attached hydrogens (tertiary/aromatic N) is 1. The van der Waals surface area contributed by atoms with Gasteiger partial charge in [0.25, 0.3) is 0 Å². The Balaban J connectivity index is 2.56. The Morgan fingerprint density at radius 2 is 2.23 bits per heavy atom. The molecule has 3 heteroatoms. The Morgan fingerprint density at radius 3 is 3.00 bits per heavy atom. The molecule has 0 amide bonds. The lowest BCUT2D eigenvalue weighted by Crippen LogP contribution is -2.25. The van der Waals surface area contributed by atoms with Gasteiger partial charge >= 0.3 is 0 Å². The highest BCUT2D eigenvalue weighted by Crippen LogP contribution is 2.42. The van der Waals surface area contributed by atoms with Gasteiger partial charge in [-0.15, -0.1) is 0 Å². The third-order valence-electron chi connectivity index (χ3n) is 2.20. The van der Waals surface area contributed by atoms with Gasteiger partial charge in [0.05, 0.1) is 12.7 Å². The number of hydrogen-bond donors (Lipinski definition) is 0. The first kappa shape index (κ1) is 8.58. The van der Waals surface area contributed by atoms with Crippen molar-refractivity contribution in [3.63, 3.8) is 0 Å². The molecule has 13 heavy (non-hydrogen) atoms. The van der Waals surface area contributed by atoms with E-state index in [-0.39, 0.29) is 0 Å². The second kappa shape index (κ2) is 3.04. The molecule has 0 N–H and O–H groups in total. The van der Waals surface area contributed by atoms with Crippen molar-refractivity contribution in [3.05, 3.63) is 29.8 Å². The number of rotatable bonds is 0. The number of hydrogen-bond acceptors (Lipinski definition) is 2. The molecule has 0 fully saturated rings. The highest BCUT2D eigenvalue weighted by Gasteiger charge is 2.34. The molecule has 0 aromatic heterocycles. The molecule has 1 heterocycles. The zero-order valence-corrected chi connectivity index (χ0v) is 8.54. The van der Waals surface area contributed by atoms with E-state index in [0.717, 1.165) is 11.3 Å². The van der Waals surface area contributed by atoms with Gasteiger partial charge in [-0.25, -0.2) is 0 Å². The van der Waals surface area contributed by atoms with Crippen molar-refractivity contribution in [2.75, 3.05) is 6.61 Å². The van der Waals surface area contributed by atoms with Crippen molar-refractivity contribution >= 4 is 15.9 Å². The minimum absolute atomic E-state index is 0.554. The van der Waals surface area contributed by atoms with Crippen LogP contribution in [0.5, 0.6) is 5.75 Å². The largest absolute Gasteiger partial charge is 0.493 e. The maximum Gasteiger partial charge on any atom is 0.144 e. The van der Waals surface area contributed by atoms with E-state index in [1.807, 2.05) is 24.3 Å². The van der Waals surface area contributed by atoms with Gasteiger partial charge in [-0.2, -0.15) is 5.26 Å². The van der Waals surface area contributed by atoms with E-state index in [4.69, 9.17) is 10.00 Å². The number of alkyl halides is 1. The fourth-order valence-corrected chi connectivity index (χ4v) is 1.96. The molecule has 66 valence electrons. The Hall–Kier alpha value is -1.01. The molecule has 0 spiro atoms. The Morgan fingerprint density at radius 1 is 1.46 bits per heavy atom. The summed E-state index contributed by atoms with van der Waals surface area (Å²) in [4.78, 5) is 0. The summed E-state index contributed by atoms with van der Waals surface area (Å²) in [7, 11) is 0. The molecular weight excluding hydrogens is 230 g/mol. The molecule has 0 bridgehead atoms. The molecule has 0 radical (unpaired) electrons. The number of fused-ring (bicyclic) bond motifs is 1. The summed E-state index contributed by atoms with van der Waals surface area (Å²) < 4.78 is 4.89. The summed E-state index contributed by atoms with van der Waals surface area (Å²) in [6, 6.07) is 9.92. The van der Waals surface area contributed by atoms with Gasteiger partial charge < -0.3 is 4.74 Å². The molecule has 1 aromatic rings. The average Bonchev–Trinajstić information content (AvgIpc) is 2.19. The molecule has 1 atom stereocenters. The molecule has 2 rings (SSSR count). The molecule has 1 unspecified atom stereocenters. The van der Waals surface area contributed by atoms with Crippen LogP contribution >= 0.6 is 15.9 Å². The monoisotopic (exact) mass is 237 g/mol. The Bertz CT molecular complexity index is 371. The van der Waals surface area contributed by atoms with E-state index in [1.54, 1.807) is 0 Å². The Kier molecular flexibility index (Phi) is 2.01. The summed E-state index contributed by atoms with van der Waals surface area (Å²) in [5, 5.41) is 9.04. The minimum atomic E-state index is -0.554. The molecule has 0 saturated heterocycles. The van der Waals surface area contributed by atoms with Gasteiger partial charge in [-0.1, -0.05) is 34.1 Å². The first-order chi connectivity index (χ1) is 6.26. The van der Waals surface area contributed by atoms with Gasteiger partial charge in [0.2, 0.25) is 0 Å². The number of halogens is 1. The average molecular weight is 238 g/mol. The first-order valence-corrected chi connectivity index (χ1v) is 4.88. The zero-order valence-electron chi connectivity index (χ0n) is 6.96. The Labute approximate surface area is 85.3 Å². The first-order valence-electron chi connectivity index (χ1n) is 4.09. The van der Waals surface area contributed by atoms with E-state index in [9.17, 15) is 0 Å². The minimum Gasteiger partial charge on any atom is -0.493 e. The van der Waals surface area contributed by atoms with Gasteiger partial charge in [0, 0.05) is 12.0 Å². The highest BCUT2D eigenvalue weighted by molar-refractivity contribution is 9.09. The number of benzene rings is 1. The van der Waals surface area contributed by atoms with Crippen molar-refractivity contribution < 1.29 is 4.74 Å². The van der Waals surface area contributed by atoms with E-state index in [2.05, 4.69) is 22.0 Å². The lowest BCUT2D eigenvalue weighted by Gasteiger charge is -2.27. The topological polar surface area (TPSA) is 33.0 Å². The van der Waals surface area contributed by atoms with Crippen LogP contribution in [0.3, 0.4) is 0 Å². The normalized spacial score (nSPS) is 25.5.